The normalized spacial score (nSPS) is 22.7. The number of nitrogens with zero attached hydrogens (tertiary/aromatic N) is 2. The Morgan fingerprint density at radius 2 is 2.05 bits per heavy atom. The third-order valence-corrected chi connectivity index (χ3v) is 4.36. The van der Waals surface area contributed by atoms with Crippen LogP contribution in [0.4, 0.5) is 0 Å². The van der Waals surface area contributed by atoms with Crippen LogP contribution in [-0.4, -0.2) is 34.9 Å². The monoisotopic (exact) mass is 280 g/mol. The molecule has 1 aliphatic carbocycles. The molecular weight excluding hydrogens is 256 g/mol. The molecule has 0 N–H and O–H groups in total. The minimum Gasteiger partial charge on any atom is -0.372 e. The predicted molar refractivity (Wildman–Crippen MR) is 74.3 cm³/mol. The lowest BCUT2D eigenvalue weighted by Gasteiger charge is -2.35. The van der Waals surface area contributed by atoms with Crippen LogP contribution in [0.1, 0.15) is 44.0 Å². The molecule has 2 heterocycles. The van der Waals surface area contributed by atoms with Gasteiger partial charge in [0.15, 0.2) is 5.79 Å². The van der Waals surface area contributed by atoms with E-state index in [2.05, 4.69) is 18.1 Å². The molecule has 0 radical (unpaired) electrons. The number of aromatic nitrogens is 2. The maximum absolute atomic E-state index is 6.04. The predicted octanol–water partition coefficient (Wildman–Crippen LogP) is 2.18. The highest BCUT2D eigenvalue weighted by Gasteiger charge is 2.40. The molecule has 1 aliphatic heterocycles. The van der Waals surface area contributed by atoms with Crippen molar-refractivity contribution in [2.75, 3.05) is 13.2 Å². The van der Waals surface area contributed by atoms with E-state index in [0.717, 1.165) is 56.7 Å². The second kappa shape index (κ2) is 5.84. The van der Waals surface area contributed by atoms with Crippen molar-refractivity contribution in [3.63, 3.8) is 0 Å². The highest BCUT2D eigenvalue weighted by Crippen LogP contribution is 2.36. The number of hydrogen-bond acceptors (Lipinski definition) is 4. The third kappa shape index (κ3) is 2.90. The zero-order valence-corrected chi connectivity index (χ0v) is 12.4. The largest absolute Gasteiger partial charge is 0.372 e. The van der Waals surface area contributed by atoms with Crippen LogP contribution in [-0.2, 0) is 34.3 Å². The highest BCUT2D eigenvalue weighted by molar-refractivity contribution is 5.09. The Bertz CT molecular complexity index is 442. The van der Waals surface area contributed by atoms with Gasteiger partial charge in [-0.1, -0.05) is 6.92 Å². The van der Waals surface area contributed by atoms with Gasteiger partial charge >= 0.3 is 0 Å². The Hall–Kier alpha value is -0.910. The van der Waals surface area contributed by atoms with Crippen molar-refractivity contribution in [2.45, 2.75) is 57.5 Å². The number of rotatable bonds is 4. The summed E-state index contributed by atoms with van der Waals surface area (Å²) in [5.41, 5.74) is 2.27. The van der Waals surface area contributed by atoms with E-state index in [1.807, 2.05) is 11.7 Å². The summed E-state index contributed by atoms with van der Waals surface area (Å²) >= 11 is 0. The topological polar surface area (TPSA) is 45.5 Å². The molecule has 2 aliphatic rings. The van der Waals surface area contributed by atoms with Gasteiger partial charge in [0.25, 0.3) is 0 Å². The van der Waals surface area contributed by atoms with Crippen molar-refractivity contribution in [1.29, 1.82) is 0 Å². The summed E-state index contributed by atoms with van der Waals surface area (Å²) in [7, 11) is 1.98. The van der Waals surface area contributed by atoms with E-state index < -0.39 is 0 Å². The van der Waals surface area contributed by atoms with Crippen molar-refractivity contribution < 1.29 is 14.2 Å². The van der Waals surface area contributed by atoms with E-state index in [1.54, 1.807) is 0 Å². The van der Waals surface area contributed by atoms with Gasteiger partial charge in [-0.3, -0.25) is 4.68 Å². The van der Waals surface area contributed by atoms with Crippen LogP contribution in [0.5, 0.6) is 0 Å². The molecule has 5 heteroatoms. The zero-order valence-electron chi connectivity index (χ0n) is 12.4. The van der Waals surface area contributed by atoms with Crippen LogP contribution >= 0.6 is 0 Å². The van der Waals surface area contributed by atoms with Gasteiger partial charge in [0.2, 0.25) is 0 Å². The van der Waals surface area contributed by atoms with Crippen LogP contribution < -0.4 is 0 Å². The summed E-state index contributed by atoms with van der Waals surface area (Å²) in [5.74, 6) is -0.290. The van der Waals surface area contributed by atoms with Crippen LogP contribution in [0.2, 0.25) is 0 Å². The van der Waals surface area contributed by atoms with Crippen molar-refractivity contribution >= 4 is 0 Å². The maximum atomic E-state index is 6.04. The number of ether oxygens (including phenoxy) is 3. The van der Waals surface area contributed by atoms with Crippen molar-refractivity contribution in [3.8, 4) is 0 Å². The molecule has 1 spiro atoms. The first-order valence-electron chi connectivity index (χ1n) is 7.62. The second-order valence-corrected chi connectivity index (χ2v) is 5.72. The Morgan fingerprint density at radius 3 is 2.65 bits per heavy atom. The summed E-state index contributed by atoms with van der Waals surface area (Å²) in [6, 6.07) is 2.13. The van der Waals surface area contributed by atoms with E-state index in [-0.39, 0.29) is 5.79 Å². The van der Waals surface area contributed by atoms with Crippen LogP contribution in [0.25, 0.3) is 0 Å². The molecule has 1 aromatic heterocycles. The smallest absolute Gasteiger partial charge is 0.168 e. The Labute approximate surface area is 120 Å². The van der Waals surface area contributed by atoms with E-state index in [0.29, 0.717) is 12.7 Å². The average Bonchev–Trinajstić information content (AvgIpc) is 3.06. The van der Waals surface area contributed by atoms with Gasteiger partial charge < -0.3 is 14.2 Å². The quantitative estimate of drug-likeness (QED) is 0.848. The standard InChI is InChI=1S/C15H24N2O3/c1-3-12-10-13(17(2)16-12)11-18-14-4-6-15(7-5-14)19-8-9-20-15/h10,14H,3-9,11H2,1-2H3. The van der Waals surface area contributed by atoms with E-state index in [1.165, 1.54) is 0 Å². The van der Waals surface area contributed by atoms with Gasteiger partial charge in [-0.15, -0.1) is 0 Å². The fourth-order valence-electron chi connectivity index (χ4n) is 3.07. The summed E-state index contributed by atoms with van der Waals surface area (Å²) in [4.78, 5) is 0. The fraction of sp³-hybridized carbons (Fsp3) is 0.800. The second-order valence-electron chi connectivity index (χ2n) is 5.72. The van der Waals surface area contributed by atoms with Crippen LogP contribution in [0.15, 0.2) is 6.07 Å². The maximum Gasteiger partial charge on any atom is 0.168 e. The molecule has 112 valence electrons. The summed E-state index contributed by atoms with van der Waals surface area (Å²) in [6.45, 7) is 4.23. The lowest BCUT2D eigenvalue weighted by Crippen LogP contribution is -2.37. The van der Waals surface area contributed by atoms with E-state index in [4.69, 9.17) is 14.2 Å². The van der Waals surface area contributed by atoms with Crippen LogP contribution in [0.3, 0.4) is 0 Å². The third-order valence-electron chi connectivity index (χ3n) is 4.36. The zero-order chi connectivity index (χ0) is 14.0. The van der Waals surface area contributed by atoms with E-state index >= 15 is 0 Å². The van der Waals surface area contributed by atoms with Gasteiger partial charge in [-0.25, -0.2) is 0 Å². The lowest BCUT2D eigenvalue weighted by atomic mass is 9.92. The summed E-state index contributed by atoms with van der Waals surface area (Å²) in [6.07, 6.45) is 5.20. The first kappa shape index (κ1) is 14.0. The Kier molecular flexibility index (Phi) is 4.10. The molecule has 5 nitrogen and oxygen atoms in total. The number of aryl methyl sites for hydroxylation is 2. The molecule has 3 rings (SSSR count). The first-order valence-corrected chi connectivity index (χ1v) is 7.62. The molecule has 0 aromatic carbocycles. The van der Waals surface area contributed by atoms with Gasteiger partial charge in [-0.05, 0) is 25.3 Å². The van der Waals surface area contributed by atoms with Crippen molar-refractivity contribution in [2.24, 2.45) is 7.05 Å². The van der Waals surface area contributed by atoms with E-state index in [9.17, 15) is 0 Å². The minimum absolute atomic E-state index is 0.290. The molecule has 1 saturated heterocycles. The molecule has 0 amide bonds. The minimum atomic E-state index is -0.290. The summed E-state index contributed by atoms with van der Waals surface area (Å²) in [5, 5.41) is 4.45. The SMILES string of the molecule is CCc1cc(COC2CCC3(CC2)OCCO3)n(C)n1. The highest BCUT2D eigenvalue weighted by atomic mass is 16.7. The van der Waals surface area contributed by atoms with Gasteiger partial charge in [0.05, 0.1) is 37.3 Å². The molecule has 0 unspecified atom stereocenters. The molecule has 1 saturated carbocycles. The number of hydrogen-bond donors (Lipinski definition) is 0. The van der Waals surface area contributed by atoms with Gasteiger partial charge in [0.1, 0.15) is 0 Å². The molecule has 20 heavy (non-hydrogen) atoms. The fourth-order valence-corrected chi connectivity index (χ4v) is 3.07. The molecule has 0 atom stereocenters. The summed E-state index contributed by atoms with van der Waals surface area (Å²) < 4.78 is 19.4. The van der Waals surface area contributed by atoms with Crippen LogP contribution in [0, 0.1) is 0 Å². The molecule has 1 aromatic rings. The Balaban J connectivity index is 1.48. The first-order chi connectivity index (χ1) is 9.71. The average molecular weight is 280 g/mol. The Morgan fingerprint density at radius 1 is 1.35 bits per heavy atom. The van der Waals surface area contributed by atoms with Gasteiger partial charge in [-0.2, -0.15) is 5.10 Å². The molecule has 2 fully saturated rings. The molecule has 0 bridgehead atoms. The lowest BCUT2D eigenvalue weighted by molar-refractivity contribution is -0.192. The van der Waals surface area contributed by atoms with Crippen molar-refractivity contribution in [3.05, 3.63) is 17.5 Å². The van der Waals surface area contributed by atoms with Gasteiger partial charge in [0, 0.05) is 19.9 Å². The molecular formula is C15H24N2O3. The van der Waals surface area contributed by atoms with Crippen molar-refractivity contribution in [1.82, 2.24) is 9.78 Å².